The van der Waals surface area contributed by atoms with Gasteiger partial charge in [0, 0.05) is 6.07 Å². The molecule has 0 unspecified atom stereocenters. The smallest absolute Gasteiger partial charge is 0.362 e. The number of anilines is 1. The van der Waals surface area contributed by atoms with Gasteiger partial charge in [-0.3, -0.25) is 9.59 Å². The number of benzene rings is 1. The van der Waals surface area contributed by atoms with Crippen LogP contribution in [0.15, 0.2) is 51.8 Å². The first-order chi connectivity index (χ1) is 14.0. The molecule has 0 bridgehead atoms. The number of nitrogens with one attached hydrogen (secondary N) is 1. The Morgan fingerprint density at radius 2 is 1.97 bits per heavy atom. The second-order valence-electron chi connectivity index (χ2n) is 5.82. The third-order valence-electron chi connectivity index (χ3n) is 3.62. The molecule has 0 saturated heterocycles. The normalized spacial score (nSPS) is 10.4. The van der Waals surface area contributed by atoms with Crippen molar-refractivity contribution in [1.82, 2.24) is 14.9 Å². The number of carbonyl (C=O) groups is 2. The van der Waals surface area contributed by atoms with Crippen LogP contribution in [0.25, 0.3) is 5.69 Å². The Balaban J connectivity index is 1.84. The van der Waals surface area contributed by atoms with Crippen molar-refractivity contribution in [2.75, 3.05) is 18.5 Å². The minimum absolute atomic E-state index is 0.108. The first-order valence-electron chi connectivity index (χ1n) is 8.71. The fraction of sp³-hybridized carbons (Fsp3) is 0.211. The van der Waals surface area contributed by atoms with E-state index in [1.807, 2.05) is 0 Å². The molecule has 3 rings (SSSR count). The molecule has 1 N–H and O–H groups in total. The molecule has 150 valence electrons. The summed E-state index contributed by atoms with van der Waals surface area (Å²) in [6, 6.07) is 11.2. The van der Waals surface area contributed by atoms with Crippen LogP contribution in [0.3, 0.4) is 0 Å². The number of hydrogen-bond acceptors (Lipinski definition) is 8. The van der Waals surface area contributed by atoms with E-state index in [9.17, 15) is 14.4 Å². The van der Waals surface area contributed by atoms with E-state index in [1.165, 1.54) is 6.07 Å². The monoisotopic (exact) mass is 398 g/mol. The van der Waals surface area contributed by atoms with Gasteiger partial charge in [0.1, 0.15) is 5.76 Å². The van der Waals surface area contributed by atoms with Gasteiger partial charge in [-0.15, -0.1) is 0 Å². The minimum Gasteiger partial charge on any atom is -0.481 e. The number of aromatic nitrogens is 3. The summed E-state index contributed by atoms with van der Waals surface area (Å²) in [6.07, 6.45) is 0. The van der Waals surface area contributed by atoms with Crippen molar-refractivity contribution >= 4 is 17.7 Å². The number of nitrogens with zero attached hydrogens (tertiary/aromatic N) is 3. The maximum atomic E-state index is 12.5. The Hall–Kier alpha value is -3.95. The van der Waals surface area contributed by atoms with E-state index in [0.29, 0.717) is 11.4 Å². The summed E-state index contributed by atoms with van der Waals surface area (Å²) in [6.45, 7) is 2.95. The second-order valence-corrected chi connectivity index (χ2v) is 5.82. The largest absolute Gasteiger partial charge is 0.481 e. The zero-order valence-corrected chi connectivity index (χ0v) is 15.7. The summed E-state index contributed by atoms with van der Waals surface area (Å²) in [5.41, 5.74) is -0.291. The van der Waals surface area contributed by atoms with Crippen molar-refractivity contribution in [2.24, 2.45) is 0 Å². The van der Waals surface area contributed by atoms with E-state index in [0.717, 1.165) is 10.7 Å². The topological polar surface area (TPSA) is 126 Å². The van der Waals surface area contributed by atoms with E-state index in [4.69, 9.17) is 14.0 Å². The highest BCUT2D eigenvalue weighted by molar-refractivity contribution is 5.92. The van der Waals surface area contributed by atoms with Crippen LogP contribution < -0.4 is 15.6 Å². The van der Waals surface area contributed by atoms with Crippen molar-refractivity contribution in [3.8, 4) is 11.4 Å². The lowest BCUT2D eigenvalue weighted by Gasteiger charge is -2.12. The van der Waals surface area contributed by atoms with E-state index < -0.39 is 24.0 Å². The maximum absolute atomic E-state index is 12.5. The molecule has 0 aliphatic rings. The van der Waals surface area contributed by atoms with Crippen LogP contribution in [0.2, 0.25) is 0 Å². The van der Waals surface area contributed by atoms with Gasteiger partial charge in [-0.25, -0.2) is 4.79 Å². The molecule has 2 aromatic heterocycles. The number of para-hydroxylation sites is 1. The highest BCUT2D eigenvalue weighted by atomic mass is 16.5. The summed E-state index contributed by atoms with van der Waals surface area (Å²) in [7, 11) is 0. The van der Waals surface area contributed by atoms with Gasteiger partial charge >= 0.3 is 5.97 Å². The summed E-state index contributed by atoms with van der Waals surface area (Å²) >= 11 is 0. The van der Waals surface area contributed by atoms with Crippen molar-refractivity contribution in [3.63, 3.8) is 0 Å². The second kappa shape index (κ2) is 8.83. The van der Waals surface area contributed by atoms with Gasteiger partial charge in [-0.1, -0.05) is 23.4 Å². The van der Waals surface area contributed by atoms with Gasteiger partial charge in [-0.2, -0.15) is 9.78 Å². The Morgan fingerprint density at radius 1 is 1.21 bits per heavy atom. The Labute approximate surface area is 165 Å². The van der Waals surface area contributed by atoms with E-state index in [2.05, 4.69) is 15.6 Å². The number of hydrogen-bond donors (Lipinski definition) is 1. The molecule has 10 nitrogen and oxygen atoms in total. The molecular weight excluding hydrogens is 380 g/mol. The first kappa shape index (κ1) is 19.8. The first-order valence-corrected chi connectivity index (χ1v) is 8.71. The molecule has 0 aliphatic heterocycles. The lowest BCUT2D eigenvalue weighted by molar-refractivity contribution is -0.118. The van der Waals surface area contributed by atoms with E-state index in [-0.39, 0.29) is 23.9 Å². The zero-order chi connectivity index (χ0) is 20.8. The molecular formula is C19H18N4O6. The molecule has 0 fully saturated rings. The number of carbonyl (C=O) groups excluding carboxylic acids is 2. The van der Waals surface area contributed by atoms with Crippen LogP contribution in [-0.2, 0) is 9.53 Å². The molecule has 0 spiro atoms. The molecule has 3 aromatic rings. The molecule has 1 aromatic carbocycles. The van der Waals surface area contributed by atoms with E-state index >= 15 is 0 Å². The zero-order valence-electron chi connectivity index (χ0n) is 15.7. The lowest BCUT2D eigenvalue weighted by Crippen LogP contribution is -2.27. The van der Waals surface area contributed by atoms with Crippen LogP contribution in [0.4, 0.5) is 5.82 Å². The predicted molar refractivity (Wildman–Crippen MR) is 101 cm³/mol. The summed E-state index contributed by atoms with van der Waals surface area (Å²) in [5, 5.41) is 10.2. The lowest BCUT2D eigenvalue weighted by atomic mass is 10.3. The number of esters is 1. The van der Waals surface area contributed by atoms with Crippen LogP contribution in [-0.4, -0.2) is 40.0 Å². The minimum atomic E-state index is -0.778. The van der Waals surface area contributed by atoms with Crippen molar-refractivity contribution in [1.29, 1.82) is 0 Å². The van der Waals surface area contributed by atoms with Crippen LogP contribution in [0.1, 0.15) is 23.2 Å². The van der Waals surface area contributed by atoms with Crippen molar-refractivity contribution < 1.29 is 23.6 Å². The summed E-state index contributed by atoms with van der Waals surface area (Å²) < 4.78 is 16.3. The average molecular weight is 398 g/mol. The highest BCUT2D eigenvalue weighted by Gasteiger charge is 2.20. The quantitative estimate of drug-likeness (QED) is 0.596. The molecule has 0 aliphatic carbocycles. The summed E-state index contributed by atoms with van der Waals surface area (Å²) in [5.74, 6) is -0.744. The SMILES string of the molecule is CCOC(=O)c1nn(-c2ccccc2)c(=O)cc1OCC(=O)Nc1cc(C)on1. The molecule has 1 amide bonds. The van der Waals surface area contributed by atoms with Gasteiger partial charge in [0.05, 0.1) is 18.4 Å². The van der Waals surface area contributed by atoms with Gasteiger partial charge in [-0.05, 0) is 26.0 Å². The summed E-state index contributed by atoms with van der Waals surface area (Å²) in [4.78, 5) is 36.8. The number of amides is 1. The average Bonchev–Trinajstić information content (AvgIpc) is 3.11. The number of aryl methyl sites for hydroxylation is 1. The van der Waals surface area contributed by atoms with Crippen molar-refractivity contribution in [3.05, 3.63) is 64.3 Å². The van der Waals surface area contributed by atoms with Gasteiger partial charge in [0.15, 0.2) is 18.2 Å². The highest BCUT2D eigenvalue weighted by Crippen LogP contribution is 2.16. The van der Waals surface area contributed by atoms with Crippen molar-refractivity contribution in [2.45, 2.75) is 13.8 Å². The Bertz CT molecular complexity index is 1070. The number of rotatable bonds is 7. The number of ether oxygens (including phenoxy) is 2. The third kappa shape index (κ3) is 4.86. The fourth-order valence-electron chi connectivity index (χ4n) is 2.39. The van der Waals surface area contributed by atoms with Crippen LogP contribution in [0, 0.1) is 6.92 Å². The van der Waals surface area contributed by atoms with Crippen LogP contribution >= 0.6 is 0 Å². The predicted octanol–water partition coefficient (Wildman–Crippen LogP) is 1.72. The van der Waals surface area contributed by atoms with Gasteiger partial charge in [0.25, 0.3) is 11.5 Å². The fourth-order valence-corrected chi connectivity index (χ4v) is 2.39. The van der Waals surface area contributed by atoms with Gasteiger partial charge < -0.3 is 19.3 Å². The molecule has 0 saturated carbocycles. The molecule has 0 radical (unpaired) electrons. The van der Waals surface area contributed by atoms with E-state index in [1.54, 1.807) is 44.2 Å². The molecule has 29 heavy (non-hydrogen) atoms. The molecule has 2 heterocycles. The Morgan fingerprint density at radius 3 is 2.62 bits per heavy atom. The standard InChI is InChI=1S/C19H18N4O6/c1-3-27-19(26)18-14(28-11-16(24)20-15-9-12(2)29-22-15)10-17(25)23(21-18)13-7-5-4-6-8-13/h4-10H,3,11H2,1-2H3,(H,20,22,24). The Kier molecular flexibility index (Phi) is 6.03. The van der Waals surface area contributed by atoms with Crippen LogP contribution in [0.5, 0.6) is 5.75 Å². The maximum Gasteiger partial charge on any atom is 0.362 e. The van der Waals surface area contributed by atoms with Gasteiger partial charge in [0.2, 0.25) is 5.69 Å². The molecule has 10 heteroatoms. The third-order valence-corrected chi connectivity index (χ3v) is 3.62. The molecule has 0 atom stereocenters.